The van der Waals surface area contributed by atoms with E-state index in [-0.39, 0.29) is 5.91 Å². The number of fused-ring (bicyclic) bond motifs is 1. The van der Waals surface area contributed by atoms with Crippen molar-refractivity contribution in [3.63, 3.8) is 0 Å². The van der Waals surface area contributed by atoms with Crippen LogP contribution in [0.2, 0.25) is 0 Å². The third kappa shape index (κ3) is 4.00. The van der Waals surface area contributed by atoms with E-state index in [1.165, 1.54) is 35.3 Å². The number of carbonyl (C=O) groups is 1. The molecule has 2 heterocycles. The van der Waals surface area contributed by atoms with Gasteiger partial charge < -0.3 is 9.64 Å². The molecule has 0 unspecified atom stereocenters. The predicted octanol–water partition coefficient (Wildman–Crippen LogP) is 4.58. The topological polar surface area (TPSA) is 47.4 Å². The van der Waals surface area contributed by atoms with E-state index >= 15 is 0 Å². The summed E-state index contributed by atoms with van der Waals surface area (Å²) < 4.78 is 8.63. The van der Waals surface area contributed by atoms with Crippen LogP contribution in [0.15, 0.2) is 40.3 Å². The van der Waals surface area contributed by atoms with E-state index in [1.807, 2.05) is 31.6 Å². The average Bonchev–Trinajstić information content (AvgIpc) is 3.42. The maximum Gasteiger partial charge on any atom is 0.264 e. The maximum atomic E-state index is 12.8. The molecule has 0 spiro atoms. The monoisotopic (exact) mass is 459 g/mol. The molecule has 1 aromatic carbocycles. The summed E-state index contributed by atoms with van der Waals surface area (Å²) in [5, 5.41) is 6.19. The first-order valence-electron chi connectivity index (χ1n) is 9.25. The number of thiophene rings is 1. The molecule has 0 saturated carbocycles. The molecule has 3 aromatic rings. The maximum absolute atomic E-state index is 12.8. The summed E-state index contributed by atoms with van der Waals surface area (Å²) in [6.45, 7) is 0.967. The number of hydrogen-bond acceptors (Lipinski definition) is 4. The van der Waals surface area contributed by atoms with Crippen molar-refractivity contribution in [1.82, 2.24) is 14.7 Å². The van der Waals surface area contributed by atoms with Crippen molar-refractivity contribution >= 4 is 33.2 Å². The molecule has 7 heteroatoms. The van der Waals surface area contributed by atoms with Gasteiger partial charge in [0, 0.05) is 19.7 Å². The normalized spacial score (nSPS) is 12.8. The molecule has 0 bridgehead atoms. The highest BCUT2D eigenvalue weighted by atomic mass is 79.9. The van der Waals surface area contributed by atoms with Gasteiger partial charge in [-0.05, 0) is 69.9 Å². The van der Waals surface area contributed by atoms with Gasteiger partial charge in [0.1, 0.15) is 12.4 Å². The molecule has 1 aliphatic carbocycles. The van der Waals surface area contributed by atoms with Crippen molar-refractivity contribution in [2.45, 2.75) is 32.4 Å². The number of nitrogens with zero attached hydrogens (tertiary/aromatic N) is 3. The zero-order chi connectivity index (χ0) is 19.7. The zero-order valence-electron chi connectivity index (χ0n) is 15.9. The third-order valence-electron chi connectivity index (χ3n) is 5.08. The number of rotatable bonds is 6. The number of aromatic nitrogens is 2. The minimum absolute atomic E-state index is 0.00174. The number of aryl methyl sites for hydroxylation is 3. The first-order valence-corrected chi connectivity index (χ1v) is 10.9. The molecule has 146 valence electrons. The van der Waals surface area contributed by atoms with Gasteiger partial charge in [0.25, 0.3) is 5.91 Å². The van der Waals surface area contributed by atoms with Gasteiger partial charge in [-0.15, -0.1) is 11.3 Å². The Balaban J connectivity index is 1.37. The summed E-state index contributed by atoms with van der Waals surface area (Å²) in [6.07, 6.45) is 5.29. The van der Waals surface area contributed by atoms with Crippen molar-refractivity contribution in [1.29, 1.82) is 0 Å². The Labute approximate surface area is 177 Å². The highest BCUT2D eigenvalue weighted by molar-refractivity contribution is 9.10. The van der Waals surface area contributed by atoms with E-state index < -0.39 is 0 Å². The summed E-state index contributed by atoms with van der Waals surface area (Å²) in [7, 11) is 3.68. The molecule has 2 aromatic heterocycles. The van der Waals surface area contributed by atoms with E-state index in [9.17, 15) is 4.79 Å². The van der Waals surface area contributed by atoms with Crippen molar-refractivity contribution in [3.8, 4) is 5.75 Å². The van der Waals surface area contributed by atoms with Crippen LogP contribution < -0.4 is 4.74 Å². The van der Waals surface area contributed by atoms with E-state index in [4.69, 9.17) is 4.74 Å². The Hall–Kier alpha value is -2.12. The van der Waals surface area contributed by atoms with Crippen LogP contribution >= 0.6 is 27.3 Å². The molecule has 28 heavy (non-hydrogen) atoms. The number of ether oxygens (including phenoxy) is 1. The Morgan fingerprint density at radius 1 is 1.32 bits per heavy atom. The van der Waals surface area contributed by atoms with Crippen molar-refractivity contribution < 1.29 is 9.53 Å². The van der Waals surface area contributed by atoms with Crippen LogP contribution in [-0.2, 0) is 33.0 Å². The lowest BCUT2D eigenvalue weighted by molar-refractivity contribution is 0.0786. The number of carbonyl (C=O) groups excluding carboxylic acids is 1. The quantitative estimate of drug-likeness (QED) is 0.541. The fraction of sp³-hybridized carbons (Fsp3) is 0.333. The summed E-state index contributed by atoms with van der Waals surface area (Å²) in [5.41, 5.74) is 4.83. The molecule has 5 nitrogen and oxygen atoms in total. The van der Waals surface area contributed by atoms with Crippen LogP contribution in [0.25, 0.3) is 0 Å². The van der Waals surface area contributed by atoms with E-state index in [1.54, 1.807) is 15.8 Å². The molecule has 0 saturated heterocycles. The standard InChI is InChI=1S/C21H22BrN3O2S/c1-24(11-19-18(22)10-23-25(19)2)21(26)20-8-14(13-28-20)12-27-17-7-6-15-4-3-5-16(15)9-17/h6-10,13H,3-5,11-12H2,1-2H3. The van der Waals surface area contributed by atoms with Crippen LogP contribution in [-0.4, -0.2) is 27.6 Å². The molecule has 4 rings (SSSR count). The van der Waals surface area contributed by atoms with Gasteiger partial charge in [-0.1, -0.05) is 6.07 Å². The first kappa shape index (κ1) is 19.2. The molecule has 1 amide bonds. The molecule has 0 aliphatic heterocycles. The van der Waals surface area contributed by atoms with Crippen LogP contribution in [0.1, 0.15) is 38.5 Å². The van der Waals surface area contributed by atoms with E-state index in [0.717, 1.165) is 27.9 Å². The predicted molar refractivity (Wildman–Crippen MR) is 114 cm³/mol. The van der Waals surface area contributed by atoms with Crippen LogP contribution in [0.5, 0.6) is 5.75 Å². The van der Waals surface area contributed by atoms with Gasteiger partial charge in [0.05, 0.1) is 27.8 Å². The van der Waals surface area contributed by atoms with Gasteiger partial charge in [-0.3, -0.25) is 9.48 Å². The summed E-state index contributed by atoms with van der Waals surface area (Å²) in [5.74, 6) is 0.903. The Morgan fingerprint density at radius 2 is 2.14 bits per heavy atom. The SMILES string of the molecule is CN(Cc1c(Br)cnn1C)C(=O)c1cc(COc2ccc3c(c2)CCC3)cs1. The first-order chi connectivity index (χ1) is 13.5. The molecule has 0 fully saturated rings. The number of benzene rings is 1. The minimum atomic E-state index is 0.00174. The van der Waals surface area contributed by atoms with Gasteiger partial charge in [0.15, 0.2) is 0 Å². The lowest BCUT2D eigenvalue weighted by Crippen LogP contribution is -2.26. The van der Waals surface area contributed by atoms with Gasteiger partial charge in [0.2, 0.25) is 0 Å². The highest BCUT2D eigenvalue weighted by Gasteiger charge is 2.18. The molecule has 1 aliphatic rings. The molecule has 0 radical (unpaired) electrons. The van der Waals surface area contributed by atoms with Gasteiger partial charge in [-0.25, -0.2) is 0 Å². The Bertz CT molecular complexity index is 992. The molecule has 0 atom stereocenters. The largest absolute Gasteiger partial charge is 0.489 e. The van der Waals surface area contributed by atoms with Crippen LogP contribution in [0, 0.1) is 0 Å². The fourth-order valence-electron chi connectivity index (χ4n) is 3.47. The highest BCUT2D eigenvalue weighted by Crippen LogP contribution is 2.27. The van der Waals surface area contributed by atoms with Crippen LogP contribution in [0.3, 0.4) is 0 Å². The van der Waals surface area contributed by atoms with Crippen LogP contribution in [0.4, 0.5) is 0 Å². The smallest absolute Gasteiger partial charge is 0.264 e. The minimum Gasteiger partial charge on any atom is -0.489 e. The molecule has 0 N–H and O–H groups in total. The van der Waals surface area contributed by atoms with Crippen molar-refractivity contribution in [3.05, 3.63) is 67.6 Å². The lowest BCUT2D eigenvalue weighted by atomic mass is 10.1. The Morgan fingerprint density at radius 3 is 2.93 bits per heavy atom. The average molecular weight is 460 g/mol. The second-order valence-corrected chi connectivity index (χ2v) is 8.88. The van der Waals surface area contributed by atoms with E-state index in [2.05, 4.69) is 33.2 Å². The molecular weight excluding hydrogens is 438 g/mol. The Kier molecular flexibility index (Phi) is 5.55. The zero-order valence-corrected chi connectivity index (χ0v) is 18.3. The second kappa shape index (κ2) is 8.09. The van der Waals surface area contributed by atoms with Gasteiger partial charge >= 0.3 is 0 Å². The summed E-state index contributed by atoms with van der Waals surface area (Å²) in [4.78, 5) is 15.2. The number of amides is 1. The third-order valence-corrected chi connectivity index (χ3v) is 6.71. The van der Waals surface area contributed by atoms with Crippen molar-refractivity contribution in [2.75, 3.05) is 7.05 Å². The second-order valence-electron chi connectivity index (χ2n) is 7.12. The summed E-state index contributed by atoms with van der Waals surface area (Å²) >= 11 is 4.94. The molecular formula is C21H22BrN3O2S. The van der Waals surface area contributed by atoms with Crippen molar-refractivity contribution in [2.24, 2.45) is 7.05 Å². The number of halogens is 1. The lowest BCUT2D eigenvalue weighted by Gasteiger charge is -2.16. The fourth-order valence-corrected chi connectivity index (χ4v) is 4.83. The summed E-state index contributed by atoms with van der Waals surface area (Å²) in [6, 6.07) is 8.29. The number of hydrogen-bond donors (Lipinski definition) is 0. The van der Waals surface area contributed by atoms with Gasteiger partial charge in [-0.2, -0.15) is 5.10 Å². The van der Waals surface area contributed by atoms with E-state index in [0.29, 0.717) is 18.0 Å².